The van der Waals surface area contributed by atoms with E-state index in [1.54, 1.807) is 4.68 Å². The summed E-state index contributed by atoms with van der Waals surface area (Å²) < 4.78 is 12.6. The van der Waals surface area contributed by atoms with Crippen molar-refractivity contribution >= 4 is 5.78 Å². The van der Waals surface area contributed by atoms with Crippen LogP contribution in [0.4, 0.5) is 0 Å². The van der Waals surface area contributed by atoms with Gasteiger partial charge in [0.15, 0.2) is 11.6 Å². The van der Waals surface area contributed by atoms with Crippen molar-refractivity contribution in [1.82, 2.24) is 20.2 Å². The van der Waals surface area contributed by atoms with Crippen LogP contribution in [0.2, 0.25) is 0 Å². The highest BCUT2D eigenvalue weighted by Gasteiger charge is 2.45. The summed E-state index contributed by atoms with van der Waals surface area (Å²) in [5, 5.41) is 12.0. The Morgan fingerprint density at radius 3 is 3.05 bits per heavy atom. The summed E-state index contributed by atoms with van der Waals surface area (Å²) in [5.41, 5.74) is 2.04. The number of carbonyl (C=O) groups excluding carboxylic acids is 1. The number of hydrogen-bond acceptors (Lipinski definition) is 6. The molecule has 2 bridgehead atoms. The lowest BCUT2D eigenvalue weighted by Crippen LogP contribution is -2.37. The SMILES string of the molecule is Cc1ccccc1-c1nnnn1C1CC(=O)[C@@H]2OC[C@H]1O2. The summed E-state index contributed by atoms with van der Waals surface area (Å²) in [7, 11) is 0. The maximum atomic E-state index is 11.9. The van der Waals surface area contributed by atoms with Gasteiger partial charge in [0.05, 0.1) is 12.6 Å². The van der Waals surface area contributed by atoms with E-state index in [1.807, 2.05) is 31.2 Å². The summed E-state index contributed by atoms with van der Waals surface area (Å²) in [6, 6.07) is 7.66. The first kappa shape index (κ1) is 12.6. The Kier molecular flexibility index (Phi) is 2.83. The third-order valence-corrected chi connectivity index (χ3v) is 4.01. The molecule has 4 rings (SSSR count). The lowest BCUT2D eigenvalue weighted by molar-refractivity contribution is -0.156. The molecule has 1 unspecified atom stereocenters. The number of aryl methyl sites for hydroxylation is 1. The Morgan fingerprint density at radius 2 is 2.19 bits per heavy atom. The summed E-state index contributed by atoms with van der Waals surface area (Å²) in [6.07, 6.45) is -0.553. The molecule has 0 amide bonds. The number of benzene rings is 1. The van der Waals surface area contributed by atoms with E-state index in [0.29, 0.717) is 18.9 Å². The van der Waals surface area contributed by atoms with Gasteiger partial charge in [-0.05, 0) is 22.9 Å². The largest absolute Gasteiger partial charge is 0.343 e. The molecule has 7 nitrogen and oxygen atoms in total. The van der Waals surface area contributed by atoms with Gasteiger partial charge in [-0.2, -0.15) is 0 Å². The summed E-state index contributed by atoms with van der Waals surface area (Å²) in [6.45, 7) is 2.40. The van der Waals surface area contributed by atoms with Gasteiger partial charge in [0.2, 0.25) is 6.29 Å². The molecular formula is C14H14N4O3. The van der Waals surface area contributed by atoms with Crippen LogP contribution in [-0.4, -0.2) is 45.0 Å². The molecule has 7 heteroatoms. The quantitative estimate of drug-likeness (QED) is 0.816. The number of carbonyl (C=O) groups is 1. The second-order valence-electron chi connectivity index (χ2n) is 5.34. The van der Waals surface area contributed by atoms with Crippen LogP contribution in [0.1, 0.15) is 18.0 Å². The fourth-order valence-corrected chi connectivity index (χ4v) is 2.89. The number of tetrazole rings is 1. The minimum absolute atomic E-state index is 0.0556. The highest BCUT2D eigenvalue weighted by Crippen LogP contribution is 2.34. The maximum Gasteiger partial charge on any atom is 0.218 e. The molecule has 108 valence electrons. The fourth-order valence-electron chi connectivity index (χ4n) is 2.89. The molecule has 0 aliphatic carbocycles. The van der Waals surface area contributed by atoms with Crippen molar-refractivity contribution in [2.24, 2.45) is 0 Å². The number of hydrogen-bond donors (Lipinski definition) is 0. The molecule has 1 aromatic carbocycles. The van der Waals surface area contributed by atoms with E-state index in [1.165, 1.54) is 0 Å². The zero-order valence-electron chi connectivity index (χ0n) is 11.5. The molecule has 3 heterocycles. The first-order valence-electron chi connectivity index (χ1n) is 6.87. The van der Waals surface area contributed by atoms with E-state index in [-0.39, 0.29) is 17.9 Å². The number of nitrogens with zero attached hydrogens (tertiary/aromatic N) is 4. The Balaban J connectivity index is 1.76. The third kappa shape index (κ3) is 1.97. The van der Waals surface area contributed by atoms with Crippen molar-refractivity contribution in [2.75, 3.05) is 6.61 Å². The van der Waals surface area contributed by atoms with Crippen molar-refractivity contribution in [3.63, 3.8) is 0 Å². The average Bonchev–Trinajstić information content (AvgIpc) is 3.12. The molecule has 0 saturated carbocycles. The third-order valence-electron chi connectivity index (χ3n) is 4.01. The normalized spacial score (nSPS) is 28.0. The molecule has 21 heavy (non-hydrogen) atoms. The molecule has 2 fully saturated rings. The Hall–Kier alpha value is -2.12. The lowest BCUT2D eigenvalue weighted by atomic mass is 10.0. The van der Waals surface area contributed by atoms with Crippen molar-refractivity contribution in [3.8, 4) is 11.4 Å². The van der Waals surface area contributed by atoms with Crippen LogP contribution in [0.25, 0.3) is 11.4 Å². The molecular weight excluding hydrogens is 272 g/mol. The number of rotatable bonds is 2. The van der Waals surface area contributed by atoms with Crippen LogP contribution in [0.3, 0.4) is 0 Å². The minimum atomic E-state index is -0.704. The van der Waals surface area contributed by atoms with Crippen molar-refractivity contribution in [2.45, 2.75) is 31.8 Å². The molecule has 2 aliphatic rings. The van der Waals surface area contributed by atoms with E-state index in [9.17, 15) is 4.79 Å². The summed E-state index contributed by atoms with van der Waals surface area (Å²) >= 11 is 0. The van der Waals surface area contributed by atoms with Crippen molar-refractivity contribution in [1.29, 1.82) is 0 Å². The average molecular weight is 286 g/mol. The molecule has 2 aromatic rings. The van der Waals surface area contributed by atoms with Gasteiger partial charge >= 0.3 is 0 Å². The maximum absolute atomic E-state index is 11.9. The number of fused-ring (bicyclic) bond motifs is 2. The highest BCUT2D eigenvalue weighted by molar-refractivity contribution is 5.83. The predicted molar refractivity (Wildman–Crippen MR) is 71.3 cm³/mol. The Labute approximate surface area is 120 Å². The number of aromatic nitrogens is 4. The predicted octanol–water partition coefficient (Wildman–Crippen LogP) is 0.904. The minimum Gasteiger partial charge on any atom is -0.343 e. The zero-order chi connectivity index (χ0) is 14.4. The van der Waals surface area contributed by atoms with Gasteiger partial charge in [0, 0.05) is 12.0 Å². The van der Waals surface area contributed by atoms with Crippen LogP contribution in [0, 0.1) is 6.92 Å². The van der Waals surface area contributed by atoms with E-state index >= 15 is 0 Å². The molecule has 1 aromatic heterocycles. The summed E-state index contributed by atoms with van der Waals surface area (Å²) in [4.78, 5) is 11.9. The van der Waals surface area contributed by atoms with Gasteiger partial charge in [0.1, 0.15) is 6.10 Å². The van der Waals surface area contributed by atoms with E-state index in [2.05, 4.69) is 15.5 Å². The van der Waals surface area contributed by atoms with Crippen LogP contribution in [0.15, 0.2) is 24.3 Å². The van der Waals surface area contributed by atoms with Gasteiger partial charge < -0.3 is 9.47 Å². The molecule has 0 spiro atoms. The van der Waals surface area contributed by atoms with E-state index in [4.69, 9.17) is 9.47 Å². The molecule has 0 radical (unpaired) electrons. The fraction of sp³-hybridized carbons (Fsp3) is 0.429. The van der Waals surface area contributed by atoms with E-state index in [0.717, 1.165) is 11.1 Å². The van der Waals surface area contributed by atoms with Crippen molar-refractivity contribution in [3.05, 3.63) is 29.8 Å². The van der Waals surface area contributed by atoms with Gasteiger partial charge in [-0.1, -0.05) is 24.3 Å². The van der Waals surface area contributed by atoms with Crippen LogP contribution < -0.4 is 0 Å². The van der Waals surface area contributed by atoms with Gasteiger partial charge in [-0.3, -0.25) is 4.79 Å². The standard InChI is InChI=1S/C14H14N4O3/c1-8-4-2-3-5-9(8)13-15-16-17-18(13)10-6-11(19)14-20-7-12(10)21-14/h2-5,10,12,14H,6-7H2,1H3/t10?,12-,14-/m1/s1. The van der Waals surface area contributed by atoms with Crippen LogP contribution in [0.5, 0.6) is 0 Å². The molecule has 2 saturated heterocycles. The number of Topliss-reactive ketones (excluding diaryl/α,β-unsaturated/α-hetero) is 1. The number of ketones is 1. The lowest BCUT2D eigenvalue weighted by Gasteiger charge is -2.26. The second kappa shape index (κ2) is 4.71. The first-order chi connectivity index (χ1) is 10.2. The topological polar surface area (TPSA) is 79.1 Å². The number of ether oxygens (including phenoxy) is 2. The van der Waals surface area contributed by atoms with Crippen LogP contribution >= 0.6 is 0 Å². The molecule has 2 aliphatic heterocycles. The van der Waals surface area contributed by atoms with Gasteiger partial charge in [-0.15, -0.1) is 5.10 Å². The smallest absolute Gasteiger partial charge is 0.218 e. The monoisotopic (exact) mass is 286 g/mol. The van der Waals surface area contributed by atoms with Gasteiger partial charge in [-0.25, -0.2) is 4.68 Å². The Bertz CT molecular complexity index is 699. The van der Waals surface area contributed by atoms with Crippen LogP contribution in [-0.2, 0) is 14.3 Å². The highest BCUT2D eigenvalue weighted by atomic mass is 16.7. The van der Waals surface area contributed by atoms with Gasteiger partial charge in [0.25, 0.3) is 0 Å². The zero-order valence-corrected chi connectivity index (χ0v) is 11.5. The van der Waals surface area contributed by atoms with Crippen molar-refractivity contribution < 1.29 is 14.3 Å². The molecule has 0 N–H and O–H groups in total. The summed E-state index contributed by atoms with van der Waals surface area (Å²) in [5.74, 6) is 0.597. The first-order valence-corrected chi connectivity index (χ1v) is 6.87. The Morgan fingerprint density at radius 1 is 1.33 bits per heavy atom. The van der Waals surface area contributed by atoms with E-state index < -0.39 is 6.29 Å². The second-order valence-corrected chi connectivity index (χ2v) is 5.34. The molecule has 3 atom stereocenters.